The molecule has 0 atom stereocenters. The van der Waals surface area contributed by atoms with Crippen LogP contribution in [0.4, 0.5) is 18.9 Å². The molecular weight excluding hydrogens is 373 g/mol. The van der Waals surface area contributed by atoms with Gasteiger partial charge in [0.1, 0.15) is 0 Å². The number of nitrogens with one attached hydrogen (secondary N) is 2. The lowest BCUT2D eigenvalue weighted by atomic mass is 10.1. The van der Waals surface area contributed by atoms with Crippen molar-refractivity contribution in [1.29, 1.82) is 0 Å². The Morgan fingerprint density at radius 3 is 2.68 bits per heavy atom. The van der Waals surface area contributed by atoms with Crippen molar-refractivity contribution in [3.63, 3.8) is 0 Å². The zero-order valence-electron chi connectivity index (χ0n) is 15.4. The fourth-order valence-corrected chi connectivity index (χ4v) is 3.16. The van der Waals surface area contributed by atoms with Crippen LogP contribution < -0.4 is 10.6 Å². The van der Waals surface area contributed by atoms with Crippen molar-refractivity contribution in [2.75, 3.05) is 11.9 Å². The molecule has 0 radical (unpaired) electrons. The van der Waals surface area contributed by atoms with Crippen molar-refractivity contribution in [3.05, 3.63) is 46.8 Å². The first-order valence-electron chi connectivity index (χ1n) is 9.26. The fraction of sp³-hybridized carbons (Fsp3) is 0.421. The highest BCUT2D eigenvalue weighted by Crippen LogP contribution is 2.24. The van der Waals surface area contributed by atoms with Crippen LogP contribution in [-0.4, -0.2) is 27.9 Å². The molecule has 0 aliphatic carbocycles. The summed E-state index contributed by atoms with van der Waals surface area (Å²) >= 11 is 0. The van der Waals surface area contributed by atoms with Crippen molar-refractivity contribution in [2.45, 2.75) is 45.6 Å². The van der Waals surface area contributed by atoms with Gasteiger partial charge in [-0.15, -0.1) is 0 Å². The summed E-state index contributed by atoms with van der Waals surface area (Å²) in [6.07, 6.45) is 3.95. The monoisotopic (exact) mass is 394 g/mol. The number of nitrogens with zero attached hydrogens (tertiary/aromatic N) is 2. The molecule has 150 valence electrons. The summed E-state index contributed by atoms with van der Waals surface area (Å²) < 4.78 is 42.0. The average molecular weight is 394 g/mol. The first-order chi connectivity index (χ1) is 13.4. The number of fused-ring (bicyclic) bond motifs is 1. The molecule has 2 N–H and O–H groups in total. The fourth-order valence-electron chi connectivity index (χ4n) is 3.16. The lowest BCUT2D eigenvalue weighted by Gasteiger charge is -2.17. The summed E-state index contributed by atoms with van der Waals surface area (Å²) in [5.41, 5.74) is 0.0762. The van der Waals surface area contributed by atoms with Crippen molar-refractivity contribution in [2.24, 2.45) is 0 Å². The van der Waals surface area contributed by atoms with Gasteiger partial charge in [-0.3, -0.25) is 9.59 Å². The molecule has 0 saturated carbocycles. The number of rotatable bonds is 6. The SMILES string of the molecule is CCCCNC(=O)c1nc(C(=O)Nc2ccc(F)c(F)c2F)c2n1CCCC2. The Balaban J connectivity index is 1.88. The Morgan fingerprint density at radius 2 is 1.93 bits per heavy atom. The molecule has 2 aromatic rings. The molecule has 2 amide bonds. The minimum Gasteiger partial charge on any atom is -0.349 e. The molecule has 6 nitrogen and oxygen atoms in total. The lowest BCUT2D eigenvalue weighted by Crippen LogP contribution is -2.28. The normalized spacial score (nSPS) is 13.1. The number of aromatic nitrogens is 2. The van der Waals surface area contributed by atoms with Gasteiger partial charge >= 0.3 is 0 Å². The molecular formula is C19H21F3N4O2. The van der Waals surface area contributed by atoms with E-state index in [0.717, 1.165) is 37.8 Å². The second kappa shape index (κ2) is 8.45. The van der Waals surface area contributed by atoms with Gasteiger partial charge in [0, 0.05) is 13.1 Å². The second-order valence-corrected chi connectivity index (χ2v) is 6.63. The maximum absolute atomic E-state index is 13.9. The number of benzene rings is 1. The largest absolute Gasteiger partial charge is 0.349 e. The van der Waals surface area contributed by atoms with Gasteiger partial charge in [0.25, 0.3) is 11.8 Å². The topological polar surface area (TPSA) is 76.0 Å². The number of anilines is 1. The van der Waals surface area contributed by atoms with Crippen LogP contribution in [0.25, 0.3) is 0 Å². The molecule has 0 fully saturated rings. The first-order valence-corrected chi connectivity index (χ1v) is 9.26. The van der Waals surface area contributed by atoms with E-state index < -0.39 is 29.0 Å². The predicted molar refractivity (Wildman–Crippen MR) is 96.7 cm³/mol. The van der Waals surface area contributed by atoms with Gasteiger partial charge in [0.15, 0.2) is 29.0 Å². The molecule has 0 unspecified atom stereocenters. The summed E-state index contributed by atoms with van der Waals surface area (Å²) in [5, 5.41) is 4.99. The highest BCUT2D eigenvalue weighted by atomic mass is 19.2. The van der Waals surface area contributed by atoms with Crippen molar-refractivity contribution in [3.8, 4) is 0 Å². The maximum Gasteiger partial charge on any atom is 0.287 e. The summed E-state index contributed by atoms with van der Waals surface area (Å²) in [4.78, 5) is 29.3. The molecule has 9 heteroatoms. The number of hydrogen-bond donors (Lipinski definition) is 2. The Bertz CT molecular complexity index is 911. The highest BCUT2D eigenvalue weighted by Gasteiger charge is 2.28. The van der Waals surface area contributed by atoms with E-state index in [1.165, 1.54) is 0 Å². The van der Waals surface area contributed by atoms with E-state index in [-0.39, 0.29) is 17.4 Å². The number of carbonyl (C=O) groups is 2. The summed E-state index contributed by atoms with van der Waals surface area (Å²) in [7, 11) is 0. The first kappa shape index (κ1) is 19.9. The third-order valence-corrected chi connectivity index (χ3v) is 4.64. The molecule has 1 aliphatic rings. The number of carbonyl (C=O) groups excluding carboxylic acids is 2. The molecule has 0 bridgehead atoms. The van der Waals surface area contributed by atoms with Gasteiger partial charge < -0.3 is 15.2 Å². The van der Waals surface area contributed by atoms with Crippen molar-refractivity contribution >= 4 is 17.5 Å². The Morgan fingerprint density at radius 1 is 1.14 bits per heavy atom. The molecule has 1 aliphatic heterocycles. The van der Waals surface area contributed by atoms with Crippen LogP contribution in [-0.2, 0) is 13.0 Å². The standard InChI is InChI=1S/C19H21F3N4O2/c1-2-3-9-23-19(28)17-25-16(13-6-4-5-10-26(13)17)18(27)24-12-8-7-11(20)14(21)15(12)22/h7-8H,2-6,9-10H2,1H3,(H,23,28)(H,24,27). The van der Waals surface area contributed by atoms with E-state index >= 15 is 0 Å². The van der Waals surface area contributed by atoms with Crippen LogP contribution >= 0.6 is 0 Å². The second-order valence-electron chi connectivity index (χ2n) is 6.63. The maximum atomic E-state index is 13.9. The molecule has 3 rings (SSSR count). The van der Waals surface area contributed by atoms with E-state index in [2.05, 4.69) is 15.6 Å². The molecule has 28 heavy (non-hydrogen) atoms. The number of unbranched alkanes of at least 4 members (excludes halogenated alkanes) is 1. The predicted octanol–water partition coefficient (Wildman–Crippen LogP) is 3.42. The van der Waals surface area contributed by atoms with Crippen LogP contribution in [0.2, 0.25) is 0 Å². The van der Waals surface area contributed by atoms with E-state index in [9.17, 15) is 22.8 Å². The van der Waals surface area contributed by atoms with Crippen LogP contribution in [0.5, 0.6) is 0 Å². The minimum absolute atomic E-state index is 0.00975. The van der Waals surface area contributed by atoms with Gasteiger partial charge in [-0.2, -0.15) is 0 Å². The van der Waals surface area contributed by atoms with E-state index in [1.807, 2.05) is 6.92 Å². The van der Waals surface area contributed by atoms with E-state index in [1.54, 1.807) is 4.57 Å². The third-order valence-electron chi connectivity index (χ3n) is 4.64. The third kappa shape index (κ3) is 3.88. The van der Waals surface area contributed by atoms with Gasteiger partial charge in [0.05, 0.1) is 11.4 Å². The van der Waals surface area contributed by atoms with E-state index in [0.29, 0.717) is 25.2 Å². The number of hydrogen-bond acceptors (Lipinski definition) is 3. The van der Waals surface area contributed by atoms with Gasteiger partial charge in [-0.1, -0.05) is 13.3 Å². The molecule has 0 spiro atoms. The molecule has 0 saturated heterocycles. The summed E-state index contributed by atoms with van der Waals surface area (Å²) in [5.74, 6) is -5.53. The zero-order valence-corrected chi connectivity index (χ0v) is 15.4. The van der Waals surface area contributed by atoms with Crippen LogP contribution in [0.1, 0.15) is 59.4 Å². The molecule has 1 aromatic carbocycles. The Kier molecular flexibility index (Phi) is 6.01. The zero-order chi connectivity index (χ0) is 20.3. The van der Waals surface area contributed by atoms with Gasteiger partial charge in [0.2, 0.25) is 0 Å². The number of amides is 2. The van der Waals surface area contributed by atoms with Crippen molar-refractivity contribution in [1.82, 2.24) is 14.9 Å². The lowest BCUT2D eigenvalue weighted by molar-refractivity contribution is 0.0937. The van der Waals surface area contributed by atoms with E-state index in [4.69, 9.17) is 0 Å². The van der Waals surface area contributed by atoms with Gasteiger partial charge in [-0.25, -0.2) is 18.2 Å². The number of halogens is 3. The van der Waals surface area contributed by atoms with Crippen LogP contribution in [0.15, 0.2) is 12.1 Å². The summed E-state index contributed by atoms with van der Waals surface area (Å²) in [6, 6.07) is 1.66. The molecule has 2 heterocycles. The quantitative estimate of drug-likeness (QED) is 0.582. The van der Waals surface area contributed by atoms with Crippen LogP contribution in [0, 0.1) is 17.5 Å². The average Bonchev–Trinajstić information content (AvgIpc) is 3.08. The van der Waals surface area contributed by atoms with Crippen LogP contribution in [0.3, 0.4) is 0 Å². The number of imidazole rings is 1. The molecule has 1 aromatic heterocycles. The Hall–Kier alpha value is -2.84. The highest BCUT2D eigenvalue weighted by molar-refractivity contribution is 6.05. The minimum atomic E-state index is -1.67. The summed E-state index contributed by atoms with van der Waals surface area (Å²) in [6.45, 7) is 3.05. The van der Waals surface area contributed by atoms with Crippen molar-refractivity contribution < 1.29 is 22.8 Å². The Labute approximate surface area is 160 Å². The van der Waals surface area contributed by atoms with Gasteiger partial charge in [-0.05, 0) is 37.8 Å². The smallest absolute Gasteiger partial charge is 0.287 e.